The SMILES string of the molecule is Cc1ccc2c(c1)[C@@H]1C=CC[C@@H]1[C@H](c1ccc(N=Cc3cc(Br)ccc3OCc3ccc(Br)cc3)cc1)N2. The first-order valence-corrected chi connectivity index (χ1v) is 14.5. The fourth-order valence-electron chi connectivity index (χ4n) is 5.45. The summed E-state index contributed by atoms with van der Waals surface area (Å²) in [7, 11) is 0. The molecule has 0 radical (unpaired) electrons. The summed E-state index contributed by atoms with van der Waals surface area (Å²) in [4.78, 5) is 4.78. The van der Waals surface area contributed by atoms with Crippen LogP contribution in [0, 0.1) is 12.8 Å². The molecular formula is C33H28Br2N2O. The van der Waals surface area contributed by atoms with Crippen molar-refractivity contribution < 1.29 is 4.74 Å². The Hall–Kier alpha value is -3.15. The second kappa shape index (κ2) is 10.9. The summed E-state index contributed by atoms with van der Waals surface area (Å²) in [5, 5.41) is 3.83. The van der Waals surface area contributed by atoms with Gasteiger partial charge in [0.1, 0.15) is 12.4 Å². The molecule has 0 saturated carbocycles. The van der Waals surface area contributed by atoms with Gasteiger partial charge in [0.2, 0.25) is 0 Å². The molecule has 0 unspecified atom stereocenters. The number of allylic oxidation sites excluding steroid dienone is 2. The van der Waals surface area contributed by atoms with Crippen molar-refractivity contribution in [2.24, 2.45) is 10.9 Å². The first kappa shape index (κ1) is 25.1. The second-order valence-electron chi connectivity index (χ2n) is 10.0. The van der Waals surface area contributed by atoms with Gasteiger partial charge in [0.05, 0.1) is 11.7 Å². The van der Waals surface area contributed by atoms with Crippen molar-refractivity contribution in [2.45, 2.75) is 31.9 Å². The summed E-state index contributed by atoms with van der Waals surface area (Å²) in [5.41, 5.74) is 8.26. The van der Waals surface area contributed by atoms with Crippen LogP contribution in [0.1, 0.15) is 46.2 Å². The third kappa shape index (κ3) is 5.36. The van der Waals surface area contributed by atoms with Crippen LogP contribution < -0.4 is 10.1 Å². The van der Waals surface area contributed by atoms with Gasteiger partial charge in [-0.1, -0.05) is 86.0 Å². The molecule has 0 spiro atoms. The van der Waals surface area contributed by atoms with Crippen molar-refractivity contribution in [3.05, 3.63) is 134 Å². The Labute approximate surface area is 240 Å². The van der Waals surface area contributed by atoms with Crippen LogP contribution in [-0.2, 0) is 6.61 Å². The van der Waals surface area contributed by atoms with Crippen LogP contribution in [0.25, 0.3) is 0 Å². The Morgan fingerprint density at radius 1 is 0.921 bits per heavy atom. The number of aliphatic imine (C=N–C) groups is 1. The van der Waals surface area contributed by atoms with E-state index in [0.29, 0.717) is 18.4 Å². The van der Waals surface area contributed by atoms with Crippen molar-refractivity contribution in [1.29, 1.82) is 0 Å². The van der Waals surface area contributed by atoms with Gasteiger partial charge in [-0.3, -0.25) is 4.99 Å². The molecule has 0 bridgehead atoms. The standard InChI is InChI=1S/C33H28Br2N2O/c1-21-5-15-31-30(17-21)28-3-2-4-29(28)33(37-31)23-8-13-27(14-9-23)36-19-24-18-26(35)12-16-32(24)38-20-22-6-10-25(34)11-7-22/h2-3,5-19,28-29,33,37H,4,20H2,1H3/t28-,29+,33+/m1/s1. The number of halogens is 2. The van der Waals surface area contributed by atoms with Crippen LogP contribution in [0.15, 0.2) is 111 Å². The average Bonchev–Trinajstić information content (AvgIpc) is 3.43. The van der Waals surface area contributed by atoms with Crippen molar-refractivity contribution in [3.63, 3.8) is 0 Å². The number of nitrogens with zero attached hydrogens (tertiary/aromatic N) is 1. The van der Waals surface area contributed by atoms with Gasteiger partial charge in [-0.25, -0.2) is 0 Å². The number of rotatable bonds is 6. The zero-order valence-electron chi connectivity index (χ0n) is 21.1. The molecule has 190 valence electrons. The van der Waals surface area contributed by atoms with E-state index in [-0.39, 0.29) is 6.04 Å². The maximum atomic E-state index is 6.14. The van der Waals surface area contributed by atoms with E-state index < -0.39 is 0 Å². The summed E-state index contributed by atoms with van der Waals surface area (Å²) in [5.74, 6) is 1.81. The molecule has 1 aliphatic heterocycles. The molecule has 38 heavy (non-hydrogen) atoms. The molecule has 2 aliphatic rings. The van der Waals surface area contributed by atoms with E-state index in [0.717, 1.165) is 37.9 Å². The van der Waals surface area contributed by atoms with Crippen molar-refractivity contribution >= 4 is 49.4 Å². The third-order valence-corrected chi connectivity index (χ3v) is 8.42. The number of ether oxygens (including phenoxy) is 1. The highest BCUT2D eigenvalue weighted by Crippen LogP contribution is 2.50. The van der Waals surface area contributed by atoms with Crippen LogP contribution >= 0.6 is 31.9 Å². The fraction of sp³-hybridized carbons (Fsp3) is 0.182. The van der Waals surface area contributed by atoms with Gasteiger partial charge in [-0.15, -0.1) is 0 Å². The highest BCUT2D eigenvalue weighted by molar-refractivity contribution is 9.10. The van der Waals surface area contributed by atoms with Crippen LogP contribution in [0.4, 0.5) is 11.4 Å². The van der Waals surface area contributed by atoms with Crippen LogP contribution in [-0.4, -0.2) is 6.21 Å². The maximum absolute atomic E-state index is 6.14. The zero-order valence-corrected chi connectivity index (χ0v) is 24.2. The number of aryl methyl sites for hydroxylation is 1. The quantitative estimate of drug-likeness (QED) is 0.170. The minimum absolute atomic E-state index is 0.284. The number of nitrogens with one attached hydrogen (secondary N) is 1. The van der Waals surface area contributed by atoms with E-state index in [9.17, 15) is 0 Å². The number of fused-ring (bicyclic) bond motifs is 3. The normalized spacial score (nSPS) is 19.7. The van der Waals surface area contributed by atoms with Crippen molar-refractivity contribution in [2.75, 3.05) is 5.32 Å². The fourth-order valence-corrected chi connectivity index (χ4v) is 6.09. The molecule has 3 atom stereocenters. The van der Waals surface area contributed by atoms with Crippen molar-refractivity contribution in [3.8, 4) is 5.75 Å². The van der Waals surface area contributed by atoms with E-state index in [2.05, 4.69) is 111 Å². The van der Waals surface area contributed by atoms with E-state index in [1.54, 1.807) is 0 Å². The first-order chi connectivity index (χ1) is 18.5. The number of hydrogen-bond acceptors (Lipinski definition) is 3. The maximum Gasteiger partial charge on any atom is 0.128 e. The summed E-state index contributed by atoms with van der Waals surface area (Å²) in [6.45, 7) is 2.67. The molecule has 5 heteroatoms. The Kier molecular flexibility index (Phi) is 7.22. The highest BCUT2D eigenvalue weighted by Gasteiger charge is 2.37. The lowest BCUT2D eigenvalue weighted by molar-refractivity contribution is 0.306. The molecule has 4 aromatic carbocycles. The molecule has 6 rings (SSSR count). The predicted molar refractivity (Wildman–Crippen MR) is 164 cm³/mol. The van der Waals surface area contributed by atoms with E-state index in [4.69, 9.17) is 9.73 Å². The minimum atomic E-state index is 0.284. The van der Waals surface area contributed by atoms with E-state index in [1.807, 2.05) is 36.5 Å². The Bertz CT molecular complexity index is 1510. The topological polar surface area (TPSA) is 33.6 Å². The zero-order chi connectivity index (χ0) is 26.1. The van der Waals surface area contributed by atoms with E-state index >= 15 is 0 Å². The lowest BCUT2D eigenvalue weighted by Crippen LogP contribution is -2.29. The van der Waals surface area contributed by atoms with E-state index in [1.165, 1.54) is 22.4 Å². The monoisotopic (exact) mass is 626 g/mol. The second-order valence-corrected chi connectivity index (χ2v) is 11.8. The van der Waals surface area contributed by atoms with Gasteiger partial charge in [0.15, 0.2) is 0 Å². The number of hydrogen-bond donors (Lipinski definition) is 1. The molecular weight excluding hydrogens is 600 g/mol. The molecule has 1 aliphatic carbocycles. The van der Waals surface area contributed by atoms with Gasteiger partial charge < -0.3 is 10.1 Å². The predicted octanol–water partition coefficient (Wildman–Crippen LogP) is 9.68. The molecule has 1 N–H and O–H groups in total. The van der Waals surface area contributed by atoms with Crippen LogP contribution in [0.5, 0.6) is 5.75 Å². The van der Waals surface area contributed by atoms with Crippen LogP contribution in [0.2, 0.25) is 0 Å². The molecule has 0 aromatic heterocycles. The summed E-state index contributed by atoms with van der Waals surface area (Å²) in [6.07, 6.45) is 7.71. The average molecular weight is 628 g/mol. The van der Waals surface area contributed by atoms with Gasteiger partial charge >= 0.3 is 0 Å². The third-order valence-electron chi connectivity index (χ3n) is 7.40. The molecule has 0 fully saturated rings. The summed E-state index contributed by atoms with van der Waals surface area (Å²) < 4.78 is 8.19. The highest BCUT2D eigenvalue weighted by atomic mass is 79.9. The molecule has 0 amide bonds. The molecule has 4 aromatic rings. The number of benzene rings is 4. The Balaban J connectivity index is 1.19. The Morgan fingerprint density at radius 3 is 2.53 bits per heavy atom. The smallest absolute Gasteiger partial charge is 0.128 e. The molecule has 3 nitrogen and oxygen atoms in total. The molecule has 0 saturated heterocycles. The van der Waals surface area contributed by atoms with Gasteiger partial charge in [0, 0.05) is 32.3 Å². The van der Waals surface area contributed by atoms with Crippen molar-refractivity contribution in [1.82, 2.24) is 0 Å². The summed E-state index contributed by atoms with van der Waals surface area (Å²) in [6, 6.07) is 29.9. The van der Waals surface area contributed by atoms with Gasteiger partial charge in [0.25, 0.3) is 0 Å². The lowest BCUT2D eigenvalue weighted by Gasteiger charge is -2.37. The molecule has 1 heterocycles. The Morgan fingerprint density at radius 2 is 1.71 bits per heavy atom. The first-order valence-electron chi connectivity index (χ1n) is 12.9. The number of anilines is 1. The largest absolute Gasteiger partial charge is 0.488 e. The van der Waals surface area contributed by atoms with Gasteiger partial charge in [-0.2, -0.15) is 0 Å². The minimum Gasteiger partial charge on any atom is -0.488 e. The van der Waals surface area contributed by atoms with Crippen LogP contribution in [0.3, 0.4) is 0 Å². The van der Waals surface area contributed by atoms with Gasteiger partial charge in [-0.05, 0) is 84.5 Å². The lowest BCUT2D eigenvalue weighted by atomic mass is 9.76. The summed E-state index contributed by atoms with van der Waals surface area (Å²) >= 11 is 7.07.